The molecular formula is C31H46O20. The highest BCUT2D eigenvalue weighted by atomic mass is 16.7. The summed E-state index contributed by atoms with van der Waals surface area (Å²) in [5.41, 5.74) is 0. The summed E-state index contributed by atoms with van der Waals surface area (Å²) >= 11 is 0. The van der Waals surface area contributed by atoms with Crippen molar-refractivity contribution < 1.29 is 95.3 Å². The third kappa shape index (κ3) is 18.6. The van der Waals surface area contributed by atoms with E-state index in [0.29, 0.717) is 0 Å². The first-order chi connectivity index (χ1) is 23.7. The topological polar surface area (TPSA) is 255 Å². The molecule has 0 fully saturated rings. The van der Waals surface area contributed by atoms with Gasteiger partial charge in [-0.05, 0) is 55.4 Å². The van der Waals surface area contributed by atoms with E-state index in [9.17, 15) is 43.2 Å². The van der Waals surface area contributed by atoms with Crippen LogP contribution in [0.25, 0.3) is 0 Å². The maximum Gasteiger partial charge on any atom is 0.347 e. The van der Waals surface area contributed by atoms with Crippen LogP contribution in [0.1, 0.15) is 62.3 Å². The van der Waals surface area contributed by atoms with Crippen molar-refractivity contribution in [2.45, 2.75) is 111 Å². The van der Waals surface area contributed by atoms with Crippen LogP contribution in [0.3, 0.4) is 0 Å². The minimum absolute atomic E-state index is 0.0158. The van der Waals surface area contributed by atoms with Crippen LogP contribution in [0.4, 0.5) is 0 Å². The zero-order chi connectivity index (χ0) is 39.4. The van der Waals surface area contributed by atoms with Gasteiger partial charge >= 0.3 is 53.7 Å². The van der Waals surface area contributed by atoms with Crippen LogP contribution in [0.15, 0.2) is 0 Å². The first-order valence-electron chi connectivity index (χ1n) is 15.6. The van der Waals surface area contributed by atoms with Gasteiger partial charge in [-0.3, -0.25) is 4.79 Å². The molecule has 0 aliphatic carbocycles. The fourth-order valence-corrected chi connectivity index (χ4v) is 2.99. The lowest BCUT2D eigenvalue weighted by molar-refractivity contribution is -0.189. The van der Waals surface area contributed by atoms with Crippen molar-refractivity contribution in [3.05, 3.63) is 0 Å². The Morgan fingerprint density at radius 1 is 0.353 bits per heavy atom. The fourth-order valence-electron chi connectivity index (χ4n) is 2.99. The Hall–Kier alpha value is -4.85. The van der Waals surface area contributed by atoms with Gasteiger partial charge < -0.3 is 52.1 Å². The molecule has 0 saturated carbocycles. The molecule has 0 aromatic carbocycles. The average Bonchev–Trinajstić information content (AvgIpc) is 3.06. The number of rotatable bonds is 22. The summed E-state index contributed by atoms with van der Waals surface area (Å²) in [6.45, 7) is 10.5. The Labute approximate surface area is 293 Å². The van der Waals surface area contributed by atoms with Crippen molar-refractivity contribution in [1.82, 2.24) is 0 Å². The van der Waals surface area contributed by atoms with Crippen molar-refractivity contribution in [1.29, 1.82) is 0 Å². The minimum Gasteiger partial charge on any atom is -0.463 e. The Kier molecular flexibility index (Phi) is 21.3. The predicted octanol–water partition coefficient (Wildman–Crippen LogP) is -0.334. The van der Waals surface area contributed by atoms with Crippen molar-refractivity contribution in [2.75, 3.05) is 33.5 Å². The molecule has 0 bridgehead atoms. The maximum absolute atomic E-state index is 12.4. The summed E-state index contributed by atoms with van der Waals surface area (Å²) in [7, 11) is 1.26. The van der Waals surface area contributed by atoms with Gasteiger partial charge in [0.1, 0.15) is 13.2 Å². The lowest BCUT2D eigenvalue weighted by atomic mass is 10.3. The summed E-state index contributed by atoms with van der Waals surface area (Å²) in [4.78, 5) is 108. The molecule has 0 rings (SSSR count). The zero-order valence-electron chi connectivity index (χ0n) is 30.1. The molecule has 20 heteroatoms. The van der Waals surface area contributed by atoms with Gasteiger partial charge in [0.15, 0.2) is 48.8 Å². The molecule has 0 saturated heterocycles. The summed E-state index contributed by atoms with van der Waals surface area (Å²) in [5.74, 6) is -9.18. The lowest BCUT2D eigenvalue weighted by Gasteiger charge is -2.21. The molecule has 8 unspecified atom stereocenters. The van der Waals surface area contributed by atoms with Gasteiger partial charge in [0.05, 0.1) is 13.2 Å². The van der Waals surface area contributed by atoms with Gasteiger partial charge in [0.2, 0.25) is 0 Å². The monoisotopic (exact) mass is 738 g/mol. The predicted molar refractivity (Wildman–Crippen MR) is 164 cm³/mol. The largest absolute Gasteiger partial charge is 0.463 e. The highest BCUT2D eigenvalue weighted by molar-refractivity contribution is 5.87. The molecule has 0 N–H and O–H groups in total. The zero-order valence-corrected chi connectivity index (χ0v) is 30.1. The molecule has 0 radical (unpaired) electrons. The van der Waals surface area contributed by atoms with Crippen LogP contribution >= 0.6 is 0 Å². The molecule has 51 heavy (non-hydrogen) atoms. The molecule has 0 heterocycles. The molecule has 290 valence electrons. The van der Waals surface area contributed by atoms with Gasteiger partial charge in [0.25, 0.3) is 0 Å². The van der Waals surface area contributed by atoms with Gasteiger partial charge in [-0.1, -0.05) is 0 Å². The number of carbonyl (C=O) groups is 9. The Morgan fingerprint density at radius 2 is 0.588 bits per heavy atom. The van der Waals surface area contributed by atoms with Crippen molar-refractivity contribution >= 4 is 53.7 Å². The molecular weight excluding hydrogens is 692 g/mol. The van der Waals surface area contributed by atoms with E-state index in [4.69, 9.17) is 47.4 Å². The number of carbonyl (C=O) groups excluding carboxylic acids is 9. The van der Waals surface area contributed by atoms with E-state index in [1.807, 2.05) is 0 Å². The van der Waals surface area contributed by atoms with E-state index in [-0.39, 0.29) is 26.4 Å². The second kappa shape index (κ2) is 23.5. The summed E-state index contributed by atoms with van der Waals surface area (Å²) in [6, 6.07) is 0. The summed E-state index contributed by atoms with van der Waals surface area (Å²) in [5, 5.41) is 0. The molecule has 8 atom stereocenters. The van der Waals surface area contributed by atoms with Gasteiger partial charge in [-0.25, -0.2) is 38.4 Å². The standard InChI is InChI=1S/C31H46O20/c1-15(41-10)25(34)46-17(3)27(36)48-19(5)29(38)50-21(7)31(40)51-22(8)30(39)49-20(6)28(37)47-18(4)26(35)45-16(2)24(33)44-14-12-42-11-13-43-23(9)32/h15-22H,11-14H2,1-10H3. The highest BCUT2D eigenvalue weighted by Crippen LogP contribution is 2.10. The van der Waals surface area contributed by atoms with E-state index in [0.717, 1.165) is 34.6 Å². The lowest BCUT2D eigenvalue weighted by Crippen LogP contribution is -2.39. The minimum atomic E-state index is -1.61. The molecule has 0 spiro atoms. The van der Waals surface area contributed by atoms with Gasteiger partial charge in [-0.2, -0.15) is 0 Å². The Morgan fingerprint density at radius 3 is 0.843 bits per heavy atom. The second-order valence-electron chi connectivity index (χ2n) is 10.6. The number of esters is 9. The first-order valence-corrected chi connectivity index (χ1v) is 15.6. The quantitative estimate of drug-likeness (QED) is 0.0782. The van der Waals surface area contributed by atoms with Crippen LogP contribution < -0.4 is 0 Å². The van der Waals surface area contributed by atoms with Gasteiger partial charge in [-0.15, -0.1) is 0 Å². The SMILES string of the molecule is COC(C)C(=O)OC(C)C(=O)OC(C)C(=O)OC(C)C(=O)OC(C)C(=O)OC(C)C(=O)OC(C)C(=O)OC(C)C(=O)OCCOCCOC(C)=O. The number of hydrogen-bond donors (Lipinski definition) is 0. The smallest absolute Gasteiger partial charge is 0.347 e. The highest BCUT2D eigenvalue weighted by Gasteiger charge is 2.33. The summed E-state index contributed by atoms with van der Waals surface area (Å²) in [6.07, 6.45) is -11.6. The van der Waals surface area contributed by atoms with E-state index >= 15 is 0 Å². The van der Waals surface area contributed by atoms with Gasteiger partial charge in [0, 0.05) is 14.0 Å². The molecule has 0 amide bonds. The first kappa shape index (κ1) is 46.1. The Bertz CT molecular complexity index is 1230. The normalized spacial score (nSPS) is 15.4. The maximum atomic E-state index is 12.4. The third-order valence-corrected chi connectivity index (χ3v) is 6.06. The summed E-state index contributed by atoms with van der Waals surface area (Å²) < 4.78 is 53.8. The van der Waals surface area contributed by atoms with Crippen LogP contribution in [-0.2, 0) is 95.3 Å². The van der Waals surface area contributed by atoms with Crippen molar-refractivity contribution in [3.63, 3.8) is 0 Å². The number of hydrogen-bond acceptors (Lipinski definition) is 20. The van der Waals surface area contributed by atoms with Crippen LogP contribution in [0.2, 0.25) is 0 Å². The van der Waals surface area contributed by atoms with E-state index in [1.54, 1.807) is 0 Å². The molecule has 0 aromatic rings. The molecule has 20 nitrogen and oxygen atoms in total. The third-order valence-electron chi connectivity index (χ3n) is 6.06. The fraction of sp³-hybridized carbons (Fsp3) is 0.710. The van der Waals surface area contributed by atoms with Crippen LogP contribution in [0.5, 0.6) is 0 Å². The van der Waals surface area contributed by atoms with E-state index in [1.165, 1.54) is 34.8 Å². The van der Waals surface area contributed by atoms with Crippen LogP contribution in [0, 0.1) is 0 Å². The number of methoxy groups -OCH3 is 1. The molecule has 0 aromatic heterocycles. The van der Waals surface area contributed by atoms with Crippen molar-refractivity contribution in [3.8, 4) is 0 Å². The van der Waals surface area contributed by atoms with Crippen LogP contribution in [-0.4, -0.2) is 136 Å². The van der Waals surface area contributed by atoms with Crippen molar-refractivity contribution in [2.24, 2.45) is 0 Å². The number of ether oxygens (including phenoxy) is 11. The van der Waals surface area contributed by atoms with E-state index in [2.05, 4.69) is 4.74 Å². The second-order valence-corrected chi connectivity index (χ2v) is 10.6. The Balaban J connectivity index is 4.67. The molecule has 0 aliphatic heterocycles. The average molecular weight is 739 g/mol. The molecule has 0 aliphatic rings. The van der Waals surface area contributed by atoms with E-state index < -0.39 is 103 Å².